The molecule has 0 saturated heterocycles. The number of hydrogen-bond acceptors (Lipinski definition) is 4. The monoisotopic (exact) mass is 349 g/mol. The Balaban J connectivity index is 1.29. The van der Waals surface area contributed by atoms with Crippen molar-refractivity contribution < 1.29 is 4.74 Å². The van der Waals surface area contributed by atoms with Gasteiger partial charge in [-0.05, 0) is 92.4 Å². The van der Waals surface area contributed by atoms with Gasteiger partial charge in [-0.1, -0.05) is 0 Å². The molecule has 4 fully saturated rings. The van der Waals surface area contributed by atoms with Crippen molar-refractivity contribution in [2.45, 2.75) is 38.5 Å². The van der Waals surface area contributed by atoms with Crippen LogP contribution in [0.3, 0.4) is 0 Å². The summed E-state index contributed by atoms with van der Waals surface area (Å²) in [6.45, 7) is 0. The number of aromatic nitrogens is 2. The zero-order valence-electron chi connectivity index (χ0n) is 15.4. The average molecular weight is 349 g/mol. The summed E-state index contributed by atoms with van der Waals surface area (Å²) in [6, 6.07) is 10.1. The van der Waals surface area contributed by atoms with Crippen molar-refractivity contribution in [3.05, 3.63) is 42.4 Å². The highest BCUT2D eigenvalue weighted by molar-refractivity contribution is 5.57. The summed E-state index contributed by atoms with van der Waals surface area (Å²) in [5.41, 5.74) is 2.21. The molecular formula is C22H27N3O. The van der Waals surface area contributed by atoms with Crippen LogP contribution in [-0.4, -0.2) is 17.1 Å². The van der Waals surface area contributed by atoms with Gasteiger partial charge in [-0.25, -0.2) is 9.97 Å². The maximum atomic E-state index is 5.22. The lowest BCUT2D eigenvalue weighted by Crippen LogP contribution is -2.45. The molecule has 4 heteroatoms. The minimum Gasteiger partial charge on any atom is -0.497 e. The SMILES string of the molecule is COc1ccc(Nc2cc(CC3C4CC5CC(C4)CC3C5)ncn2)cc1. The fourth-order valence-corrected chi connectivity index (χ4v) is 6.01. The van der Waals surface area contributed by atoms with Gasteiger partial charge in [0.05, 0.1) is 7.11 Å². The van der Waals surface area contributed by atoms with E-state index in [4.69, 9.17) is 4.74 Å². The maximum Gasteiger partial charge on any atom is 0.133 e. The predicted octanol–water partition coefficient (Wildman–Crippen LogP) is 4.84. The topological polar surface area (TPSA) is 47.0 Å². The van der Waals surface area contributed by atoms with Crippen LogP contribution < -0.4 is 10.1 Å². The molecule has 26 heavy (non-hydrogen) atoms. The molecule has 4 aliphatic carbocycles. The van der Waals surface area contributed by atoms with Crippen LogP contribution in [0.15, 0.2) is 36.7 Å². The van der Waals surface area contributed by atoms with Gasteiger partial charge in [-0.2, -0.15) is 0 Å². The van der Waals surface area contributed by atoms with E-state index in [-0.39, 0.29) is 0 Å². The van der Waals surface area contributed by atoms with Crippen LogP contribution in [0.4, 0.5) is 11.5 Å². The van der Waals surface area contributed by atoms with Crippen LogP contribution in [-0.2, 0) is 6.42 Å². The number of hydrogen-bond donors (Lipinski definition) is 1. The molecule has 4 bridgehead atoms. The van der Waals surface area contributed by atoms with Crippen molar-refractivity contribution in [2.75, 3.05) is 12.4 Å². The van der Waals surface area contributed by atoms with Crippen LogP contribution in [0.25, 0.3) is 0 Å². The Kier molecular flexibility index (Phi) is 4.07. The maximum absolute atomic E-state index is 5.22. The van der Waals surface area contributed by atoms with Crippen molar-refractivity contribution in [1.82, 2.24) is 9.97 Å². The van der Waals surface area contributed by atoms with Crippen molar-refractivity contribution in [3.8, 4) is 5.75 Å². The van der Waals surface area contributed by atoms with E-state index in [2.05, 4.69) is 21.4 Å². The fourth-order valence-electron chi connectivity index (χ4n) is 6.01. The van der Waals surface area contributed by atoms with E-state index in [1.54, 1.807) is 13.4 Å². The van der Waals surface area contributed by atoms with E-state index < -0.39 is 0 Å². The number of anilines is 2. The third kappa shape index (κ3) is 3.06. The molecule has 0 unspecified atom stereocenters. The first-order chi connectivity index (χ1) is 12.8. The van der Waals surface area contributed by atoms with Crippen LogP contribution in [0, 0.1) is 29.6 Å². The highest BCUT2D eigenvalue weighted by Crippen LogP contribution is 2.57. The van der Waals surface area contributed by atoms with Gasteiger partial charge in [0.15, 0.2) is 0 Å². The fraction of sp³-hybridized carbons (Fsp3) is 0.545. The molecule has 0 atom stereocenters. The lowest BCUT2D eigenvalue weighted by Gasteiger charge is -2.54. The molecule has 0 spiro atoms. The van der Waals surface area contributed by atoms with E-state index >= 15 is 0 Å². The van der Waals surface area contributed by atoms with Gasteiger partial charge < -0.3 is 10.1 Å². The Labute approximate surface area is 155 Å². The first kappa shape index (κ1) is 16.1. The van der Waals surface area contributed by atoms with Crippen molar-refractivity contribution in [3.63, 3.8) is 0 Å². The molecular weight excluding hydrogens is 322 g/mol. The molecule has 136 valence electrons. The molecule has 4 aliphatic rings. The van der Waals surface area contributed by atoms with Crippen LogP contribution in [0.2, 0.25) is 0 Å². The number of nitrogens with zero attached hydrogens (tertiary/aromatic N) is 2. The van der Waals surface area contributed by atoms with E-state index in [1.165, 1.54) is 37.8 Å². The second-order valence-corrected chi connectivity index (χ2v) is 8.55. The summed E-state index contributed by atoms with van der Waals surface area (Å²) in [5, 5.41) is 3.39. The zero-order chi connectivity index (χ0) is 17.5. The van der Waals surface area contributed by atoms with Gasteiger partial charge >= 0.3 is 0 Å². The summed E-state index contributed by atoms with van der Waals surface area (Å²) in [4.78, 5) is 9.00. The number of rotatable bonds is 5. The Bertz CT molecular complexity index is 745. The largest absolute Gasteiger partial charge is 0.497 e. The Morgan fingerprint density at radius 2 is 1.65 bits per heavy atom. The van der Waals surface area contributed by atoms with Gasteiger partial charge in [0.1, 0.15) is 17.9 Å². The molecule has 0 amide bonds. The van der Waals surface area contributed by atoms with Gasteiger partial charge in [-0.15, -0.1) is 0 Å². The van der Waals surface area contributed by atoms with Crippen molar-refractivity contribution >= 4 is 11.5 Å². The minimum absolute atomic E-state index is 0.839. The van der Waals surface area contributed by atoms with Gasteiger partial charge in [0.25, 0.3) is 0 Å². The first-order valence-corrected chi connectivity index (χ1v) is 9.99. The highest BCUT2D eigenvalue weighted by atomic mass is 16.5. The van der Waals surface area contributed by atoms with E-state index in [0.717, 1.165) is 53.3 Å². The van der Waals surface area contributed by atoms with Crippen LogP contribution in [0.5, 0.6) is 5.75 Å². The Hall–Kier alpha value is -2.10. The summed E-state index contributed by atoms with van der Waals surface area (Å²) >= 11 is 0. The standard InChI is InChI=1S/C22H27N3O/c1-26-20-4-2-18(3-5-20)25-22-12-19(23-13-24-22)11-21-16-7-14-6-15(9-16)10-17(21)8-14/h2-5,12-17,21H,6-11H2,1H3,(H,23,24,25). The third-order valence-electron chi connectivity index (χ3n) is 6.95. The number of methoxy groups -OCH3 is 1. The number of benzene rings is 1. The molecule has 6 rings (SSSR count). The zero-order valence-corrected chi connectivity index (χ0v) is 15.4. The van der Waals surface area contributed by atoms with Gasteiger partial charge in [-0.3, -0.25) is 0 Å². The molecule has 0 radical (unpaired) electrons. The summed E-state index contributed by atoms with van der Waals surface area (Å²) in [5.74, 6) is 6.53. The van der Waals surface area contributed by atoms with Gasteiger partial charge in [0.2, 0.25) is 0 Å². The van der Waals surface area contributed by atoms with E-state index in [0.29, 0.717) is 0 Å². The second kappa shape index (κ2) is 6.57. The highest BCUT2D eigenvalue weighted by Gasteiger charge is 2.47. The summed E-state index contributed by atoms with van der Waals surface area (Å²) < 4.78 is 5.22. The third-order valence-corrected chi connectivity index (χ3v) is 6.95. The van der Waals surface area contributed by atoms with Crippen LogP contribution in [0.1, 0.15) is 37.8 Å². The number of ether oxygens (including phenoxy) is 1. The Morgan fingerprint density at radius 1 is 0.962 bits per heavy atom. The molecule has 4 saturated carbocycles. The second-order valence-electron chi connectivity index (χ2n) is 8.55. The predicted molar refractivity (Wildman–Crippen MR) is 103 cm³/mol. The van der Waals surface area contributed by atoms with E-state index in [9.17, 15) is 0 Å². The molecule has 1 heterocycles. The molecule has 1 aromatic heterocycles. The molecule has 2 aromatic rings. The normalized spacial score (nSPS) is 31.8. The summed E-state index contributed by atoms with van der Waals surface area (Å²) in [6.07, 6.45) is 10.2. The van der Waals surface area contributed by atoms with Crippen LogP contribution >= 0.6 is 0 Å². The summed E-state index contributed by atoms with van der Waals surface area (Å²) in [7, 11) is 1.68. The van der Waals surface area contributed by atoms with Crippen molar-refractivity contribution in [1.29, 1.82) is 0 Å². The quantitative estimate of drug-likeness (QED) is 0.839. The molecule has 4 nitrogen and oxygen atoms in total. The molecule has 1 N–H and O–H groups in total. The molecule has 0 aliphatic heterocycles. The molecule has 1 aromatic carbocycles. The average Bonchev–Trinajstić information content (AvgIpc) is 2.65. The minimum atomic E-state index is 0.839. The smallest absolute Gasteiger partial charge is 0.133 e. The Morgan fingerprint density at radius 3 is 2.31 bits per heavy atom. The van der Waals surface area contributed by atoms with E-state index in [1.807, 2.05) is 24.3 Å². The lowest BCUT2D eigenvalue weighted by atomic mass is 9.51. The lowest BCUT2D eigenvalue weighted by molar-refractivity contribution is -0.0363. The van der Waals surface area contributed by atoms with Gasteiger partial charge in [0, 0.05) is 17.4 Å². The number of nitrogens with one attached hydrogen (secondary N) is 1. The van der Waals surface area contributed by atoms with Crippen molar-refractivity contribution in [2.24, 2.45) is 29.6 Å². The first-order valence-electron chi connectivity index (χ1n) is 9.99.